The minimum absolute atomic E-state index is 0.0127. The first-order valence-corrected chi connectivity index (χ1v) is 15.3. The van der Waals surface area contributed by atoms with Crippen molar-refractivity contribution < 1.29 is 23.5 Å². The van der Waals surface area contributed by atoms with Crippen LogP contribution in [0.15, 0.2) is 60.7 Å². The molecule has 2 unspecified atom stereocenters. The van der Waals surface area contributed by atoms with Gasteiger partial charge in [0.15, 0.2) is 0 Å². The summed E-state index contributed by atoms with van der Waals surface area (Å²) in [6.45, 7) is 7.78. The van der Waals surface area contributed by atoms with Gasteiger partial charge in [0.25, 0.3) is 11.8 Å². The summed E-state index contributed by atoms with van der Waals surface area (Å²) in [5.74, 6) is -1.44. The highest BCUT2D eigenvalue weighted by molar-refractivity contribution is 6.00. The van der Waals surface area contributed by atoms with Crippen LogP contribution in [0.25, 0.3) is 0 Å². The number of aliphatic hydroxyl groups is 1. The van der Waals surface area contributed by atoms with Gasteiger partial charge in [-0.1, -0.05) is 38.1 Å². The molecule has 6 nitrogen and oxygen atoms in total. The lowest BCUT2D eigenvalue weighted by Gasteiger charge is -2.25. The minimum atomic E-state index is -1.06. The quantitative estimate of drug-likeness (QED) is 0.206. The van der Waals surface area contributed by atoms with E-state index in [2.05, 4.69) is 22.8 Å². The van der Waals surface area contributed by atoms with Crippen LogP contribution < -0.4 is 10.6 Å². The van der Waals surface area contributed by atoms with E-state index in [0.717, 1.165) is 30.0 Å². The molecule has 1 aliphatic rings. The molecule has 43 heavy (non-hydrogen) atoms. The lowest BCUT2D eigenvalue weighted by molar-refractivity contribution is 0.0755. The molecular weight excluding hydrogens is 548 g/mol. The van der Waals surface area contributed by atoms with Gasteiger partial charge >= 0.3 is 0 Å². The zero-order valence-corrected chi connectivity index (χ0v) is 25.3. The number of halogens is 2. The number of benzene rings is 3. The Bertz CT molecular complexity index is 1380. The van der Waals surface area contributed by atoms with Gasteiger partial charge in [-0.2, -0.15) is 0 Å². The van der Waals surface area contributed by atoms with Crippen molar-refractivity contribution in [1.82, 2.24) is 15.5 Å². The molecule has 3 N–H and O–H groups in total. The molecule has 1 saturated carbocycles. The summed E-state index contributed by atoms with van der Waals surface area (Å²) in [7, 11) is 0. The van der Waals surface area contributed by atoms with Gasteiger partial charge < -0.3 is 20.6 Å². The SMILES string of the molecule is CCCN(CCC)C(=O)c1cc(C)cc(C(=O)NC(Cc2cc(F)cc(F)c2)C(O)CNCc2cccc(C3CC3)c2)c1. The predicted molar refractivity (Wildman–Crippen MR) is 165 cm³/mol. The molecule has 230 valence electrons. The van der Waals surface area contributed by atoms with Crippen LogP contribution in [0.2, 0.25) is 0 Å². The molecule has 2 atom stereocenters. The Morgan fingerprint density at radius 3 is 2.26 bits per heavy atom. The number of nitrogens with one attached hydrogen (secondary N) is 2. The van der Waals surface area contributed by atoms with E-state index in [4.69, 9.17) is 0 Å². The van der Waals surface area contributed by atoms with Crippen molar-refractivity contribution in [2.45, 2.75) is 77.5 Å². The number of carbonyl (C=O) groups is 2. The Kier molecular flexibility index (Phi) is 11.4. The lowest BCUT2D eigenvalue weighted by atomic mass is 9.99. The number of nitrogens with zero attached hydrogens (tertiary/aromatic N) is 1. The first kappa shape index (κ1) is 32.3. The predicted octanol–water partition coefficient (Wildman–Crippen LogP) is 5.90. The molecule has 0 aromatic heterocycles. The van der Waals surface area contributed by atoms with Gasteiger partial charge in [0, 0.05) is 43.4 Å². The highest BCUT2D eigenvalue weighted by Crippen LogP contribution is 2.40. The van der Waals surface area contributed by atoms with Crippen LogP contribution in [0.5, 0.6) is 0 Å². The first-order chi connectivity index (χ1) is 20.7. The molecule has 4 rings (SSSR count). The number of aryl methyl sites for hydroxylation is 1. The second-order valence-electron chi connectivity index (χ2n) is 11.7. The Hall–Kier alpha value is -3.62. The molecule has 1 aliphatic carbocycles. The summed E-state index contributed by atoms with van der Waals surface area (Å²) in [5, 5.41) is 17.3. The van der Waals surface area contributed by atoms with E-state index >= 15 is 0 Å². The van der Waals surface area contributed by atoms with Crippen LogP contribution in [0.3, 0.4) is 0 Å². The molecular formula is C35H43F2N3O3. The van der Waals surface area contributed by atoms with E-state index in [9.17, 15) is 23.5 Å². The van der Waals surface area contributed by atoms with Gasteiger partial charge in [0.1, 0.15) is 11.6 Å². The average molecular weight is 592 g/mol. The molecule has 3 aromatic carbocycles. The van der Waals surface area contributed by atoms with Crippen molar-refractivity contribution in [3.8, 4) is 0 Å². The molecule has 0 heterocycles. The van der Waals surface area contributed by atoms with E-state index in [1.807, 2.05) is 32.9 Å². The van der Waals surface area contributed by atoms with Gasteiger partial charge in [-0.05, 0) is 97.5 Å². The number of hydrogen-bond acceptors (Lipinski definition) is 4. The maximum absolute atomic E-state index is 14.0. The third-order valence-corrected chi connectivity index (χ3v) is 7.70. The average Bonchev–Trinajstić information content (AvgIpc) is 3.81. The van der Waals surface area contributed by atoms with Gasteiger partial charge in [-0.25, -0.2) is 8.78 Å². The number of rotatable bonds is 15. The highest BCUT2D eigenvalue weighted by atomic mass is 19.1. The number of hydrogen-bond donors (Lipinski definition) is 3. The smallest absolute Gasteiger partial charge is 0.253 e. The van der Waals surface area contributed by atoms with Crippen molar-refractivity contribution >= 4 is 11.8 Å². The number of carbonyl (C=O) groups excluding carboxylic acids is 2. The van der Waals surface area contributed by atoms with Crippen LogP contribution in [0.4, 0.5) is 8.78 Å². The van der Waals surface area contributed by atoms with E-state index in [0.29, 0.717) is 36.7 Å². The molecule has 0 saturated heterocycles. The van der Waals surface area contributed by atoms with E-state index in [-0.39, 0.29) is 24.4 Å². The van der Waals surface area contributed by atoms with Crippen molar-refractivity contribution in [2.75, 3.05) is 19.6 Å². The molecule has 0 bridgehead atoms. The number of aliphatic hydroxyl groups excluding tert-OH is 1. The normalized spacial score (nSPS) is 14.3. The van der Waals surface area contributed by atoms with E-state index in [1.54, 1.807) is 23.1 Å². The molecule has 0 aliphatic heterocycles. The molecule has 0 radical (unpaired) electrons. The second kappa shape index (κ2) is 15.2. The van der Waals surface area contributed by atoms with Crippen LogP contribution >= 0.6 is 0 Å². The second-order valence-corrected chi connectivity index (χ2v) is 11.7. The lowest BCUT2D eigenvalue weighted by Crippen LogP contribution is -2.48. The summed E-state index contributed by atoms with van der Waals surface area (Å²) in [6.07, 6.45) is 3.03. The molecule has 1 fully saturated rings. The topological polar surface area (TPSA) is 81.7 Å². The van der Waals surface area contributed by atoms with Crippen molar-refractivity contribution in [3.63, 3.8) is 0 Å². The van der Waals surface area contributed by atoms with Crippen molar-refractivity contribution in [3.05, 3.63) is 106 Å². The summed E-state index contributed by atoms with van der Waals surface area (Å²) >= 11 is 0. The fourth-order valence-electron chi connectivity index (χ4n) is 5.47. The summed E-state index contributed by atoms with van der Waals surface area (Å²) in [4.78, 5) is 28.6. The monoisotopic (exact) mass is 591 g/mol. The highest BCUT2D eigenvalue weighted by Gasteiger charge is 2.25. The fraction of sp³-hybridized carbons (Fsp3) is 0.429. The molecule has 0 spiro atoms. The Labute approximate surface area is 253 Å². The van der Waals surface area contributed by atoms with Gasteiger partial charge in [-0.3, -0.25) is 9.59 Å². The van der Waals surface area contributed by atoms with Crippen LogP contribution in [-0.4, -0.2) is 53.6 Å². The Balaban J connectivity index is 1.50. The fourth-order valence-corrected chi connectivity index (χ4v) is 5.47. The standard InChI is InChI=1S/C35H43F2N3O3/c1-4-11-40(12-5-2)35(43)29-14-23(3)13-28(19-29)34(42)39-32(18-25-16-30(36)20-31(37)17-25)33(41)22-38-21-24-7-6-8-27(15-24)26-9-10-26/h6-8,13-17,19-20,26,32-33,38,41H,4-5,9-12,18,21-22H2,1-3H3,(H,39,42). The van der Waals surface area contributed by atoms with Gasteiger partial charge in [-0.15, -0.1) is 0 Å². The maximum Gasteiger partial charge on any atom is 0.253 e. The van der Waals surface area contributed by atoms with Gasteiger partial charge in [0.05, 0.1) is 12.1 Å². The zero-order valence-electron chi connectivity index (χ0n) is 25.3. The van der Waals surface area contributed by atoms with Crippen LogP contribution in [-0.2, 0) is 13.0 Å². The minimum Gasteiger partial charge on any atom is -0.390 e. The van der Waals surface area contributed by atoms with E-state index in [1.165, 1.54) is 30.5 Å². The maximum atomic E-state index is 14.0. The summed E-state index contributed by atoms with van der Waals surface area (Å²) in [5.41, 5.74) is 4.19. The summed E-state index contributed by atoms with van der Waals surface area (Å²) in [6, 6.07) is 15.7. The van der Waals surface area contributed by atoms with Crippen molar-refractivity contribution in [1.29, 1.82) is 0 Å². The molecule has 3 aromatic rings. The van der Waals surface area contributed by atoms with E-state index < -0.39 is 29.7 Å². The largest absolute Gasteiger partial charge is 0.390 e. The third-order valence-electron chi connectivity index (χ3n) is 7.70. The Morgan fingerprint density at radius 1 is 0.930 bits per heavy atom. The number of amides is 2. The van der Waals surface area contributed by atoms with Gasteiger partial charge in [0.2, 0.25) is 0 Å². The van der Waals surface area contributed by atoms with Crippen molar-refractivity contribution in [2.24, 2.45) is 0 Å². The third kappa shape index (κ3) is 9.43. The van der Waals surface area contributed by atoms with Crippen LogP contribution in [0, 0.1) is 18.6 Å². The first-order valence-electron chi connectivity index (χ1n) is 15.3. The summed E-state index contributed by atoms with van der Waals surface area (Å²) < 4.78 is 28.0. The zero-order chi connectivity index (χ0) is 30.9. The van der Waals surface area contributed by atoms with Crippen LogP contribution in [0.1, 0.15) is 88.4 Å². The Morgan fingerprint density at radius 2 is 1.60 bits per heavy atom. The molecule has 8 heteroatoms. The molecule has 2 amide bonds.